The Morgan fingerprint density at radius 1 is 1.53 bits per heavy atom. The molecule has 2 rings (SSSR count). The first-order valence-corrected chi connectivity index (χ1v) is 6.21. The fourth-order valence-electron chi connectivity index (χ4n) is 1.85. The van der Waals surface area contributed by atoms with Gasteiger partial charge in [0.05, 0.1) is 6.07 Å². The molecular weight excluding hydrogens is 214 g/mol. The van der Waals surface area contributed by atoms with E-state index < -0.39 is 0 Å². The molecule has 0 amide bonds. The highest BCUT2D eigenvalue weighted by molar-refractivity contribution is 5.14. The van der Waals surface area contributed by atoms with Crippen LogP contribution in [0, 0.1) is 16.7 Å². The monoisotopic (exact) mass is 233 g/mol. The number of nitrogens with zero attached hydrogens (tertiary/aromatic N) is 3. The lowest BCUT2D eigenvalue weighted by Crippen LogP contribution is -2.18. The first kappa shape index (κ1) is 12.1. The van der Waals surface area contributed by atoms with Crippen LogP contribution in [-0.2, 0) is 11.8 Å². The van der Waals surface area contributed by atoms with Gasteiger partial charge in [-0.25, -0.2) is 0 Å². The highest BCUT2D eigenvalue weighted by Gasteiger charge is 2.43. The fourth-order valence-corrected chi connectivity index (χ4v) is 1.85. The van der Waals surface area contributed by atoms with Gasteiger partial charge in [-0.1, -0.05) is 25.9 Å². The first-order chi connectivity index (χ1) is 8.01. The van der Waals surface area contributed by atoms with E-state index >= 15 is 0 Å². The third-order valence-electron chi connectivity index (χ3n) is 3.95. The maximum absolute atomic E-state index is 8.84. The van der Waals surface area contributed by atoms with Crippen LogP contribution in [0.3, 0.4) is 0 Å². The zero-order valence-electron chi connectivity index (χ0n) is 10.8. The molecule has 4 heteroatoms. The third kappa shape index (κ3) is 2.49. The third-order valence-corrected chi connectivity index (χ3v) is 3.95. The molecule has 92 valence electrons. The second-order valence-corrected chi connectivity index (χ2v) is 5.75. The molecule has 0 N–H and O–H groups in total. The van der Waals surface area contributed by atoms with E-state index in [1.807, 2.05) is 0 Å². The maximum atomic E-state index is 8.84. The molecule has 1 aromatic heterocycles. The summed E-state index contributed by atoms with van der Waals surface area (Å²) in [7, 11) is 0. The highest BCUT2D eigenvalue weighted by atomic mass is 16.5. The fraction of sp³-hybridized carbons (Fsp3) is 0.769. The molecule has 1 fully saturated rings. The van der Waals surface area contributed by atoms with E-state index in [1.54, 1.807) is 0 Å². The summed E-state index contributed by atoms with van der Waals surface area (Å²) >= 11 is 0. The summed E-state index contributed by atoms with van der Waals surface area (Å²) < 4.78 is 5.30. The summed E-state index contributed by atoms with van der Waals surface area (Å²) in [6.45, 7) is 6.35. The number of nitriles is 1. The van der Waals surface area contributed by atoms with Crippen LogP contribution in [0.1, 0.15) is 58.2 Å². The van der Waals surface area contributed by atoms with Crippen molar-refractivity contribution in [2.24, 2.45) is 5.41 Å². The van der Waals surface area contributed by atoms with Crippen molar-refractivity contribution in [1.29, 1.82) is 5.26 Å². The van der Waals surface area contributed by atoms with Crippen LogP contribution in [-0.4, -0.2) is 10.1 Å². The normalized spacial score (nSPS) is 20.6. The number of rotatable bonds is 5. The van der Waals surface area contributed by atoms with E-state index in [0.717, 1.165) is 25.1 Å². The van der Waals surface area contributed by atoms with Crippen LogP contribution >= 0.6 is 0 Å². The van der Waals surface area contributed by atoms with Crippen LogP contribution in [0.5, 0.6) is 0 Å². The lowest BCUT2D eigenvalue weighted by atomic mass is 9.81. The standard InChI is InChI=1S/C13H19N3O/c1-4-12(2,7-8-14)9-10-15-11(16-17-10)13(3)5-6-13/h4-7,9H2,1-3H3. The van der Waals surface area contributed by atoms with Gasteiger partial charge in [0.2, 0.25) is 5.89 Å². The Hall–Kier alpha value is -1.37. The molecule has 17 heavy (non-hydrogen) atoms. The molecule has 1 aliphatic rings. The number of hydrogen-bond donors (Lipinski definition) is 0. The van der Waals surface area contributed by atoms with Crippen molar-refractivity contribution >= 4 is 0 Å². The molecule has 4 nitrogen and oxygen atoms in total. The molecule has 1 atom stereocenters. The SMILES string of the molecule is CCC(C)(CC#N)Cc1nc(C2(C)CC2)no1. The lowest BCUT2D eigenvalue weighted by Gasteiger charge is -2.22. The van der Waals surface area contributed by atoms with Gasteiger partial charge in [-0.2, -0.15) is 10.2 Å². The minimum absolute atomic E-state index is 0.0526. The van der Waals surface area contributed by atoms with Gasteiger partial charge in [-0.15, -0.1) is 0 Å². The summed E-state index contributed by atoms with van der Waals surface area (Å²) in [5.41, 5.74) is 0.0998. The van der Waals surface area contributed by atoms with E-state index in [-0.39, 0.29) is 10.8 Å². The van der Waals surface area contributed by atoms with Gasteiger partial charge in [0.15, 0.2) is 5.82 Å². The van der Waals surface area contributed by atoms with Crippen molar-refractivity contribution in [2.45, 2.75) is 58.3 Å². The van der Waals surface area contributed by atoms with Crippen LogP contribution in [0.4, 0.5) is 0 Å². The van der Waals surface area contributed by atoms with Crippen LogP contribution in [0.15, 0.2) is 4.52 Å². The smallest absolute Gasteiger partial charge is 0.227 e. The van der Waals surface area contributed by atoms with Crippen molar-refractivity contribution in [3.63, 3.8) is 0 Å². The Bertz CT molecular complexity index is 442. The summed E-state index contributed by atoms with van der Waals surface area (Å²) in [4.78, 5) is 4.47. The lowest BCUT2D eigenvalue weighted by molar-refractivity contribution is 0.265. The zero-order valence-corrected chi connectivity index (χ0v) is 10.8. The topological polar surface area (TPSA) is 62.7 Å². The highest BCUT2D eigenvalue weighted by Crippen LogP contribution is 2.46. The molecule has 0 aliphatic heterocycles. The number of hydrogen-bond acceptors (Lipinski definition) is 4. The maximum Gasteiger partial charge on any atom is 0.227 e. The molecular formula is C13H19N3O. The van der Waals surface area contributed by atoms with E-state index in [4.69, 9.17) is 9.78 Å². The first-order valence-electron chi connectivity index (χ1n) is 6.21. The average Bonchev–Trinajstić information content (AvgIpc) is 2.87. The van der Waals surface area contributed by atoms with Gasteiger partial charge in [0.25, 0.3) is 0 Å². The van der Waals surface area contributed by atoms with Crippen LogP contribution < -0.4 is 0 Å². The van der Waals surface area contributed by atoms with Crippen molar-refractivity contribution in [3.8, 4) is 6.07 Å². The zero-order chi connectivity index (χ0) is 12.5. The Morgan fingerprint density at radius 2 is 2.24 bits per heavy atom. The van der Waals surface area contributed by atoms with Gasteiger partial charge in [-0.05, 0) is 24.7 Å². The molecule has 1 heterocycles. The molecule has 1 aromatic rings. The number of aromatic nitrogens is 2. The molecule has 0 bridgehead atoms. The molecule has 0 spiro atoms. The quantitative estimate of drug-likeness (QED) is 0.784. The van der Waals surface area contributed by atoms with E-state index in [2.05, 4.69) is 37.0 Å². The van der Waals surface area contributed by atoms with Crippen molar-refractivity contribution in [1.82, 2.24) is 10.1 Å². The van der Waals surface area contributed by atoms with Crippen molar-refractivity contribution < 1.29 is 4.52 Å². The summed E-state index contributed by atoms with van der Waals surface area (Å²) in [5, 5.41) is 12.9. The Balaban J connectivity index is 2.08. The van der Waals surface area contributed by atoms with E-state index in [1.165, 1.54) is 0 Å². The predicted octanol–water partition coefficient (Wildman–Crippen LogP) is 2.99. The summed E-state index contributed by atoms with van der Waals surface area (Å²) in [6.07, 6.45) is 4.46. The minimum atomic E-state index is -0.0526. The predicted molar refractivity (Wildman–Crippen MR) is 63.2 cm³/mol. The second-order valence-electron chi connectivity index (χ2n) is 5.75. The van der Waals surface area contributed by atoms with Crippen molar-refractivity contribution in [3.05, 3.63) is 11.7 Å². The van der Waals surface area contributed by atoms with Gasteiger partial charge in [0, 0.05) is 18.3 Å². The molecule has 1 aliphatic carbocycles. The van der Waals surface area contributed by atoms with Crippen LogP contribution in [0.2, 0.25) is 0 Å². The molecule has 1 saturated carbocycles. The average molecular weight is 233 g/mol. The largest absolute Gasteiger partial charge is 0.339 e. The van der Waals surface area contributed by atoms with Crippen LogP contribution in [0.25, 0.3) is 0 Å². The van der Waals surface area contributed by atoms with E-state index in [0.29, 0.717) is 18.7 Å². The van der Waals surface area contributed by atoms with Gasteiger partial charge >= 0.3 is 0 Å². The molecule has 0 radical (unpaired) electrons. The van der Waals surface area contributed by atoms with Gasteiger partial charge in [-0.3, -0.25) is 0 Å². The van der Waals surface area contributed by atoms with E-state index in [9.17, 15) is 0 Å². The molecule has 0 aromatic carbocycles. The Morgan fingerprint density at radius 3 is 2.76 bits per heavy atom. The van der Waals surface area contributed by atoms with Gasteiger partial charge < -0.3 is 4.52 Å². The molecule has 1 unspecified atom stereocenters. The Labute approximate surface area is 102 Å². The second kappa shape index (κ2) is 4.14. The van der Waals surface area contributed by atoms with Gasteiger partial charge in [0.1, 0.15) is 0 Å². The minimum Gasteiger partial charge on any atom is -0.339 e. The summed E-state index contributed by atoms with van der Waals surface area (Å²) in [5.74, 6) is 1.51. The van der Waals surface area contributed by atoms with Crippen molar-refractivity contribution in [2.75, 3.05) is 0 Å². The molecule has 0 saturated heterocycles. The summed E-state index contributed by atoms with van der Waals surface area (Å²) in [6, 6.07) is 2.24. The Kier molecular flexibility index (Phi) is 2.94.